The molecule has 4 N–H and O–H groups in total. The Morgan fingerprint density at radius 2 is 2.07 bits per heavy atom. The van der Waals surface area contributed by atoms with Gasteiger partial charge < -0.3 is 31.0 Å². The SMILES string of the molecule is [C-]#[N+]c1cnc(Nc2cc(N[C@H]3CCCNC3)c(NC(=O)CN(C)C)cn2)cn1. The van der Waals surface area contributed by atoms with Crippen molar-refractivity contribution in [1.29, 1.82) is 0 Å². The molecule has 0 radical (unpaired) electrons. The zero-order valence-corrected chi connectivity index (χ0v) is 16.6. The van der Waals surface area contributed by atoms with E-state index in [4.69, 9.17) is 6.57 Å². The van der Waals surface area contributed by atoms with Gasteiger partial charge in [-0.05, 0) is 33.5 Å². The van der Waals surface area contributed by atoms with Crippen molar-refractivity contribution in [3.8, 4) is 0 Å². The van der Waals surface area contributed by atoms with Crippen LogP contribution < -0.4 is 21.3 Å². The third kappa shape index (κ3) is 6.10. The molecule has 2 aromatic heterocycles. The number of hydrogen-bond donors (Lipinski definition) is 4. The highest BCUT2D eigenvalue weighted by Crippen LogP contribution is 2.27. The summed E-state index contributed by atoms with van der Waals surface area (Å²) in [6.45, 7) is 9.11. The van der Waals surface area contributed by atoms with Crippen molar-refractivity contribution in [2.45, 2.75) is 18.9 Å². The molecule has 3 rings (SSSR count). The topological polar surface area (TPSA) is 111 Å². The average molecular weight is 395 g/mol. The molecule has 0 saturated carbocycles. The van der Waals surface area contributed by atoms with Gasteiger partial charge in [-0.2, -0.15) is 0 Å². The first-order valence-electron chi connectivity index (χ1n) is 9.42. The van der Waals surface area contributed by atoms with Crippen LogP contribution in [0.1, 0.15) is 12.8 Å². The van der Waals surface area contributed by atoms with E-state index in [0.29, 0.717) is 17.3 Å². The summed E-state index contributed by atoms with van der Waals surface area (Å²) in [6.07, 6.45) is 6.65. The van der Waals surface area contributed by atoms with Crippen molar-refractivity contribution in [3.63, 3.8) is 0 Å². The van der Waals surface area contributed by atoms with Crippen LogP contribution in [0.2, 0.25) is 0 Å². The van der Waals surface area contributed by atoms with E-state index < -0.39 is 0 Å². The molecule has 2 aromatic rings. The smallest absolute Gasteiger partial charge is 0.288 e. The van der Waals surface area contributed by atoms with E-state index in [2.05, 4.69) is 41.1 Å². The van der Waals surface area contributed by atoms with E-state index in [1.807, 2.05) is 25.1 Å². The molecule has 1 fully saturated rings. The fraction of sp³-hybridized carbons (Fsp3) is 0.421. The van der Waals surface area contributed by atoms with Gasteiger partial charge >= 0.3 is 0 Å². The van der Waals surface area contributed by atoms with Gasteiger partial charge in [0.05, 0.1) is 30.3 Å². The van der Waals surface area contributed by atoms with Crippen molar-refractivity contribution < 1.29 is 4.79 Å². The lowest BCUT2D eigenvalue weighted by atomic mass is 10.1. The summed E-state index contributed by atoms with van der Waals surface area (Å²) in [6, 6.07) is 2.10. The maximum Gasteiger partial charge on any atom is 0.288 e. The zero-order chi connectivity index (χ0) is 20.6. The van der Waals surface area contributed by atoms with E-state index in [0.717, 1.165) is 31.6 Å². The van der Waals surface area contributed by atoms with Crippen molar-refractivity contribution in [3.05, 3.63) is 36.1 Å². The Balaban J connectivity index is 1.79. The number of nitrogens with zero attached hydrogens (tertiary/aromatic N) is 5. The average Bonchev–Trinajstić information content (AvgIpc) is 2.71. The number of aromatic nitrogens is 3. The summed E-state index contributed by atoms with van der Waals surface area (Å²) in [4.78, 5) is 29.8. The van der Waals surface area contributed by atoms with Crippen LogP contribution in [0.25, 0.3) is 4.85 Å². The lowest BCUT2D eigenvalue weighted by molar-refractivity contribution is -0.116. The minimum absolute atomic E-state index is 0.108. The molecule has 1 aliphatic heterocycles. The molecule has 29 heavy (non-hydrogen) atoms. The summed E-state index contributed by atoms with van der Waals surface area (Å²) in [5.74, 6) is 1.17. The van der Waals surface area contributed by atoms with Crippen LogP contribution in [0.3, 0.4) is 0 Å². The molecule has 10 heteroatoms. The molecular formula is C19H25N9O. The normalized spacial score (nSPS) is 16.1. The quantitative estimate of drug-likeness (QED) is 0.526. The van der Waals surface area contributed by atoms with Crippen LogP contribution in [-0.2, 0) is 4.79 Å². The van der Waals surface area contributed by atoms with Crippen molar-refractivity contribution in [2.24, 2.45) is 0 Å². The summed E-state index contributed by atoms with van der Waals surface area (Å²) in [7, 11) is 3.69. The van der Waals surface area contributed by atoms with Gasteiger partial charge in [-0.15, -0.1) is 4.98 Å². The first kappa shape index (κ1) is 20.4. The standard InChI is InChI=1S/C19H25N9O/c1-20-17-10-24-18(11-23-17)27-16-7-14(25-13-5-4-6-21-8-13)15(9-22-16)26-19(29)12-28(2)3/h7,9-11,13,21H,4-6,8,12H2,2-3H3,(H,26,29)(H2,22,24,25,27)/t13-/m0/s1. The van der Waals surface area contributed by atoms with Crippen LogP contribution in [0.15, 0.2) is 24.7 Å². The summed E-state index contributed by atoms with van der Waals surface area (Å²) < 4.78 is 0. The first-order chi connectivity index (χ1) is 14.0. The number of amides is 1. The highest BCUT2D eigenvalue weighted by Gasteiger charge is 2.16. The van der Waals surface area contributed by atoms with E-state index in [1.54, 1.807) is 6.20 Å². The Morgan fingerprint density at radius 3 is 2.72 bits per heavy atom. The Labute approximate surface area is 170 Å². The molecule has 1 atom stereocenters. The van der Waals surface area contributed by atoms with Gasteiger partial charge in [0, 0.05) is 18.7 Å². The van der Waals surface area contributed by atoms with E-state index >= 15 is 0 Å². The third-order valence-corrected chi connectivity index (χ3v) is 4.30. The Hall–Kier alpha value is -3.29. The van der Waals surface area contributed by atoms with Crippen molar-refractivity contribution in [1.82, 2.24) is 25.2 Å². The van der Waals surface area contributed by atoms with Gasteiger partial charge in [0.15, 0.2) is 12.0 Å². The minimum atomic E-state index is -0.108. The van der Waals surface area contributed by atoms with Crippen LogP contribution in [0.5, 0.6) is 0 Å². The Morgan fingerprint density at radius 1 is 1.24 bits per heavy atom. The van der Waals surface area contributed by atoms with Gasteiger partial charge in [-0.1, -0.05) is 6.57 Å². The fourth-order valence-corrected chi connectivity index (χ4v) is 2.99. The Bertz CT molecular complexity index is 870. The molecule has 10 nitrogen and oxygen atoms in total. The maximum absolute atomic E-state index is 12.2. The number of piperidine rings is 1. The van der Waals surface area contributed by atoms with Crippen LogP contribution in [-0.4, -0.2) is 65.5 Å². The van der Waals surface area contributed by atoms with E-state index in [-0.39, 0.29) is 24.3 Å². The molecule has 0 unspecified atom stereocenters. The number of carbonyl (C=O) groups excluding carboxylic acids is 1. The highest BCUT2D eigenvalue weighted by atomic mass is 16.2. The number of anilines is 4. The van der Waals surface area contributed by atoms with Crippen LogP contribution in [0.4, 0.5) is 28.8 Å². The zero-order valence-electron chi connectivity index (χ0n) is 16.6. The predicted octanol–water partition coefficient (Wildman–Crippen LogP) is 1.83. The van der Waals surface area contributed by atoms with Gasteiger partial charge in [-0.3, -0.25) is 4.79 Å². The lowest BCUT2D eigenvalue weighted by Gasteiger charge is -2.26. The van der Waals surface area contributed by atoms with Gasteiger partial charge in [-0.25, -0.2) is 9.97 Å². The molecule has 0 aliphatic carbocycles. The van der Waals surface area contributed by atoms with Gasteiger partial charge in [0.1, 0.15) is 5.82 Å². The van der Waals surface area contributed by atoms with E-state index in [1.165, 1.54) is 12.4 Å². The fourth-order valence-electron chi connectivity index (χ4n) is 2.99. The second-order valence-electron chi connectivity index (χ2n) is 7.09. The summed E-state index contributed by atoms with van der Waals surface area (Å²) in [5, 5.41) is 12.9. The van der Waals surface area contributed by atoms with Gasteiger partial charge in [0.2, 0.25) is 5.91 Å². The number of likely N-dealkylation sites (N-methyl/N-ethyl adjacent to an activating group) is 1. The molecule has 1 amide bonds. The number of carbonyl (C=O) groups is 1. The van der Waals surface area contributed by atoms with E-state index in [9.17, 15) is 4.79 Å². The number of nitrogens with one attached hydrogen (secondary N) is 4. The predicted molar refractivity (Wildman–Crippen MR) is 113 cm³/mol. The minimum Gasteiger partial charge on any atom is -0.379 e. The van der Waals surface area contributed by atoms with Crippen LogP contribution >= 0.6 is 0 Å². The molecule has 0 aromatic carbocycles. The number of pyridine rings is 1. The second-order valence-corrected chi connectivity index (χ2v) is 7.09. The lowest BCUT2D eigenvalue weighted by Crippen LogP contribution is -2.38. The molecule has 1 saturated heterocycles. The highest BCUT2D eigenvalue weighted by molar-refractivity contribution is 5.95. The van der Waals surface area contributed by atoms with Crippen LogP contribution in [0, 0.1) is 6.57 Å². The number of rotatable bonds is 7. The Kier molecular flexibility index (Phi) is 6.89. The molecule has 0 bridgehead atoms. The third-order valence-electron chi connectivity index (χ3n) is 4.30. The summed E-state index contributed by atoms with van der Waals surface area (Å²) in [5.41, 5.74) is 1.41. The summed E-state index contributed by atoms with van der Waals surface area (Å²) >= 11 is 0. The second kappa shape index (κ2) is 9.77. The molecule has 152 valence electrons. The van der Waals surface area contributed by atoms with Crippen molar-refractivity contribution >= 4 is 34.7 Å². The largest absolute Gasteiger partial charge is 0.379 e. The first-order valence-corrected chi connectivity index (χ1v) is 9.42. The number of hydrogen-bond acceptors (Lipinski definition) is 8. The molecule has 3 heterocycles. The van der Waals surface area contributed by atoms with Crippen molar-refractivity contribution in [2.75, 3.05) is 49.7 Å². The molecule has 1 aliphatic rings. The van der Waals surface area contributed by atoms with Gasteiger partial charge in [0.25, 0.3) is 5.82 Å². The monoisotopic (exact) mass is 395 g/mol. The maximum atomic E-state index is 12.2. The molecule has 0 spiro atoms. The molecular weight excluding hydrogens is 370 g/mol.